The van der Waals surface area contributed by atoms with Crippen molar-refractivity contribution in [1.82, 2.24) is 14.5 Å². The first-order chi connectivity index (χ1) is 11.6. The molecule has 0 N–H and O–H groups in total. The van der Waals surface area contributed by atoms with Crippen LogP contribution < -0.4 is 5.56 Å². The zero-order valence-electron chi connectivity index (χ0n) is 13.4. The molecule has 2 aromatic heterocycles. The van der Waals surface area contributed by atoms with E-state index < -0.39 is 0 Å². The van der Waals surface area contributed by atoms with E-state index in [9.17, 15) is 9.59 Å². The summed E-state index contributed by atoms with van der Waals surface area (Å²) in [5, 5.41) is 0.842. The predicted molar refractivity (Wildman–Crippen MR) is 88.6 cm³/mol. The van der Waals surface area contributed by atoms with E-state index in [0.717, 1.165) is 24.6 Å². The predicted octanol–water partition coefficient (Wildman–Crippen LogP) is 2.46. The second-order valence-corrected chi connectivity index (χ2v) is 6.78. The number of carbonyl (C=O) groups is 1. The fourth-order valence-corrected chi connectivity index (χ4v) is 4.26. The Hall–Kier alpha value is -2.63. The number of furan rings is 1. The van der Waals surface area contributed by atoms with Gasteiger partial charge in [-0.05, 0) is 25.0 Å². The van der Waals surface area contributed by atoms with Crippen molar-refractivity contribution in [3.63, 3.8) is 0 Å². The number of benzene rings is 1. The number of para-hydroxylation sites is 1. The summed E-state index contributed by atoms with van der Waals surface area (Å²) in [6, 6.07) is 7.45. The molecule has 1 unspecified atom stereocenters. The van der Waals surface area contributed by atoms with Gasteiger partial charge < -0.3 is 9.32 Å². The lowest BCUT2D eigenvalue weighted by molar-refractivity contribution is -0.134. The summed E-state index contributed by atoms with van der Waals surface area (Å²) in [5.74, 6) is 0.644. The second kappa shape index (κ2) is 4.69. The summed E-state index contributed by atoms with van der Waals surface area (Å²) in [6.07, 6.45) is 2.63. The molecule has 1 aromatic carbocycles. The highest BCUT2D eigenvalue weighted by atomic mass is 16.3. The van der Waals surface area contributed by atoms with Crippen LogP contribution in [0.4, 0.5) is 0 Å². The number of amides is 1. The number of fused-ring (bicyclic) bond motifs is 6. The minimum Gasteiger partial charge on any atom is -0.448 e. The van der Waals surface area contributed by atoms with Gasteiger partial charge in [-0.15, -0.1) is 0 Å². The Morgan fingerprint density at radius 2 is 2.04 bits per heavy atom. The molecule has 0 saturated heterocycles. The molecule has 1 saturated carbocycles. The molecular weight excluding hydrogens is 306 g/mol. The molecule has 1 fully saturated rings. The van der Waals surface area contributed by atoms with E-state index in [0.29, 0.717) is 29.1 Å². The number of nitrogens with zero attached hydrogens (tertiary/aromatic N) is 3. The van der Waals surface area contributed by atoms with Crippen LogP contribution in [0.3, 0.4) is 0 Å². The maximum absolute atomic E-state index is 13.2. The van der Waals surface area contributed by atoms with Gasteiger partial charge in [0, 0.05) is 12.4 Å². The molecule has 6 heteroatoms. The number of aromatic nitrogens is 2. The maximum atomic E-state index is 13.2. The Kier molecular flexibility index (Phi) is 2.69. The van der Waals surface area contributed by atoms with E-state index in [4.69, 9.17) is 9.40 Å². The number of rotatable bonds is 0. The van der Waals surface area contributed by atoms with Crippen LogP contribution in [0.1, 0.15) is 31.1 Å². The minimum absolute atomic E-state index is 0.102. The lowest BCUT2D eigenvalue weighted by atomic mass is 10.0. The summed E-state index contributed by atoms with van der Waals surface area (Å²) in [4.78, 5) is 32.2. The monoisotopic (exact) mass is 323 g/mol. The smallest absolute Gasteiger partial charge is 0.297 e. The van der Waals surface area contributed by atoms with E-state index in [1.807, 2.05) is 24.3 Å². The van der Waals surface area contributed by atoms with E-state index in [-0.39, 0.29) is 23.4 Å². The fraction of sp³-hybridized carbons (Fsp3) is 0.389. The van der Waals surface area contributed by atoms with Gasteiger partial charge in [-0.25, -0.2) is 4.98 Å². The van der Waals surface area contributed by atoms with Gasteiger partial charge in [-0.3, -0.25) is 14.2 Å². The topological polar surface area (TPSA) is 68.3 Å². The standard InChI is InChI=1S/C18H17N3O3/c1-20-9-14-19-15-11-5-2-3-8-13(11)24-16(15)18(23)21(14)12-7-4-6-10(12)17(20)22/h2-3,5,8,10,12H,4,6-7,9H2,1H3/t10-,12?/m0/s1. The van der Waals surface area contributed by atoms with Crippen molar-refractivity contribution in [2.45, 2.75) is 31.8 Å². The van der Waals surface area contributed by atoms with Gasteiger partial charge in [-0.2, -0.15) is 0 Å². The Bertz CT molecular complexity index is 1050. The molecule has 24 heavy (non-hydrogen) atoms. The molecule has 3 heterocycles. The third-order valence-corrected chi connectivity index (χ3v) is 5.38. The van der Waals surface area contributed by atoms with Crippen LogP contribution in [0, 0.1) is 5.92 Å². The van der Waals surface area contributed by atoms with Gasteiger partial charge >= 0.3 is 0 Å². The molecule has 6 nitrogen and oxygen atoms in total. The lowest BCUT2D eigenvalue weighted by Crippen LogP contribution is -2.32. The van der Waals surface area contributed by atoms with Gasteiger partial charge in [0.15, 0.2) is 0 Å². The molecular formula is C18H17N3O3. The molecule has 2 atom stereocenters. The van der Waals surface area contributed by atoms with Gasteiger partial charge in [0.25, 0.3) is 5.56 Å². The van der Waals surface area contributed by atoms with Crippen LogP contribution in [0.2, 0.25) is 0 Å². The number of hydrogen-bond donors (Lipinski definition) is 0. The van der Waals surface area contributed by atoms with Crippen molar-refractivity contribution in [3.05, 3.63) is 40.4 Å². The third kappa shape index (κ3) is 1.68. The third-order valence-electron chi connectivity index (χ3n) is 5.38. The number of hydrogen-bond acceptors (Lipinski definition) is 4. The van der Waals surface area contributed by atoms with Crippen molar-refractivity contribution in [3.8, 4) is 0 Å². The molecule has 0 bridgehead atoms. The van der Waals surface area contributed by atoms with Crippen LogP contribution in [-0.2, 0) is 11.3 Å². The largest absolute Gasteiger partial charge is 0.448 e. The van der Waals surface area contributed by atoms with Crippen LogP contribution in [0.15, 0.2) is 33.5 Å². The highest BCUT2D eigenvalue weighted by Gasteiger charge is 2.40. The van der Waals surface area contributed by atoms with Crippen LogP contribution >= 0.6 is 0 Å². The molecule has 0 spiro atoms. The zero-order chi connectivity index (χ0) is 16.4. The average molecular weight is 323 g/mol. The Morgan fingerprint density at radius 3 is 2.92 bits per heavy atom. The molecule has 1 amide bonds. The quantitative estimate of drug-likeness (QED) is 0.637. The first-order valence-electron chi connectivity index (χ1n) is 8.33. The summed E-state index contributed by atoms with van der Waals surface area (Å²) in [7, 11) is 1.79. The normalized spacial score (nSPS) is 23.5. The van der Waals surface area contributed by atoms with Crippen LogP contribution in [0.25, 0.3) is 22.1 Å². The van der Waals surface area contributed by atoms with E-state index in [1.165, 1.54) is 0 Å². The summed E-state index contributed by atoms with van der Waals surface area (Å²) >= 11 is 0. The van der Waals surface area contributed by atoms with Gasteiger partial charge in [-0.1, -0.05) is 18.6 Å². The zero-order valence-corrected chi connectivity index (χ0v) is 13.4. The molecule has 3 aromatic rings. The van der Waals surface area contributed by atoms with E-state index in [1.54, 1.807) is 16.5 Å². The first-order valence-corrected chi connectivity index (χ1v) is 8.33. The lowest BCUT2D eigenvalue weighted by Gasteiger charge is -2.19. The number of carbonyl (C=O) groups excluding carboxylic acids is 1. The average Bonchev–Trinajstić information content (AvgIpc) is 3.17. The highest BCUT2D eigenvalue weighted by molar-refractivity contribution is 6.01. The highest BCUT2D eigenvalue weighted by Crippen LogP contribution is 2.39. The molecule has 5 rings (SSSR count). The van der Waals surface area contributed by atoms with Crippen molar-refractivity contribution in [1.29, 1.82) is 0 Å². The fourth-order valence-electron chi connectivity index (χ4n) is 4.26. The first kappa shape index (κ1) is 13.8. The minimum atomic E-state index is -0.161. The molecule has 1 aliphatic carbocycles. The summed E-state index contributed by atoms with van der Waals surface area (Å²) in [6.45, 7) is 0.358. The summed E-state index contributed by atoms with van der Waals surface area (Å²) < 4.78 is 7.52. The second-order valence-electron chi connectivity index (χ2n) is 6.78. The van der Waals surface area contributed by atoms with Gasteiger partial charge in [0.1, 0.15) is 16.9 Å². The van der Waals surface area contributed by atoms with E-state index >= 15 is 0 Å². The van der Waals surface area contributed by atoms with Gasteiger partial charge in [0.05, 0.1) is 18.5 Å². The molecule has 1 aliphatic heterocycles. The molecule has 2 aliphatic rings. The van der Waals surface area contributed by atoms with Crippen molar-refractivity contribution in [2.24, 2.45) is 5.92 Å². The maximum Gasteiger partial charge on any atom is 0.297 e. The van der Waals surface area contributed by atoms with E-state index in [2.05, 4.69) is 0 Å². The van der Waals surface area contributed by atoms with Gasteiger partial charge in [0.2, 0.25) is 11.5 Å². The van der Waals surface area contributed by atoms with Crippen molar-refractivity contribution >= 4 is 28.0 Å². The molecule has 122 valence electrons. The Labute approximate surface area is 137 Å². The van der Waals surface area contributed by atoms with Crippen molar-refractivity contribution < 1.29 is 9.21 Å². The Balaban J connectivity index is 1.87. The van der Waals surface area contributed by atoms with Crippen LogP contribution in [-0.4, -0.2) is 27.4 Å². The Morgan fingerprint density at radius 1 is 1.21 bits per heavy atom. The molecule has 0 radical (unpaired) electrons. The summed E-state index contributed by atoms with van der Waals surface area (Å²) in [5.41, 5.74) is 1.40. The SMILES string of the molecule is CN1Cc2nc3c(oc4ccccc43)c(=O)n2C2CCC[C@@H]2C1=O. The van der Waals surface area contributed by atoms with Crippen LogP contribution in [0.5, 0.6) is 0 Å². The van der Waals surface area contributed by atoms with Crippen molar-refractivity contribution in [2.75, 3.05) is 7.05 Å².